The molecule has 0 radical (unpaired) electrons. The van der Waals surface area contributed by atoms with Gasteiger partial charge in [-0.3, -0.25) is 6.42 Å². The number of H-pyrrole nitrogens is 1. The molecule has 4 rings (SSSR count). The Hall–Kier alpha value is -0.439. The van der Waals surface area contributed by atoms with E-state index in [0.29, 0.717) is 0 Å². The van der Waals surface area contributed by atoms with Crippen LogP contribution in [0.25, 0.3) is 22.1 Å². The van der Waals surface area contributed by atoms with Crippen molar-refractivity contribution >= 4 is 67.5 Å². The number of aromatic nitrogens is 4. The number of hydrogen-bond acceptors (Lipinski definition) is 4. The molecule has 0 aromatic carbocycles. The van der Waals surface area contributed by atoms with Crippen molar-refractivity contribution in [1.82, 2.24) is 19.5 Å². The fourth-order valence-corrected chi connectivity index (χ4v) is 3.43. The molecule has 1 unspecified atom stereocenters. The van der Waals surface area contributed by atoms with E-state index in [0.717, 1.165) is 40.6 Å². The molecule has 3 heterocycles. The second-order valence-corrected chi connectivity index (χ2v) is 6.83. The van der Waals surface area contributed by atoms with Gasteiger partial charge in [0.25, 0.3) is 0 Å². The van der Waals surface area contributed by atoms with Gasteiger partial charge >= 0.3 is 45.5 Å². The Kier molecular flexibility index (Phi) is 6.40. The van der Waals surface area contributed by atoms with Crippen molar-refractivity contribution in [2.75, 3.05) is 0 Å². The molecule has 2 atom stereocenters. The molecule has 0 amide bonds. The molecule has 6 nitrogen and oxygen atoms in total. The predicted molar refractivity (Wildman–Crippen MR) is 100 cm³/mol. The van der Waals surface area contributed by atoms with Crippen molar-refractivity contribution in [2.45, 2.75) is 51.5 Å². The maximum atomic E-state index is 9.81. The number of ether oxygens (including phenoxy) is 1. The molecule has 1 saturated carbocycles. The summed E-state index contributed by atoms with van der Waals surface area (Å²) in [6, 6.07) is 2.34. The normalized spacial score (nSPS) is 20.6. The van der Waals surface area contributed by atoms with E-state index >= 15 is 0 Å². The van der Waals surface area contributed by atoms with Gasteiger partial charge in [-0.25, -0.2) is 9.97 Å². The predicted octanol–water partition coefficient (Wildman–Crippen LogP) is 2.94. The summed E-state index contributed by atoms with van der Waals surface area (Å²) in [6.07, 6.45) is 7.52. The number of rotatable bonds is 3. The maximum Gasteiger partial charge on any atom is 2.00 e. The number of imidazole rings is 1. The summed E-state index contributed by atoms with van der Waals surface area (Å²) in [5.41, 5.74) is 3.94. The Morgan fingerprint density at radius 1 is 1.40 bits per heavy atom. The molecule has 0 aliphatic heterocycles. The van der Waals surface area contributed by atoms with Crippen LogP contribution in [0.15, 0.2) is 18.6 Å². The minimum atomic E-state index is -1.11. The van der Waals surface area contributed by atoms with Crippen LogP contribution in [0.3, 0.4) is 0 Å². The van der Waals surface area contributed by atoms with Crippen LogP contribution in [-0.4, -0.2) is 82.0 Å². The van der Waals surface area contributed by atoms with Crippen molar-refractivity contribution in [2.24, 2.45) is 0 Å². The molecule has 0 spiro atoms. The van der Waals surface area contributed by atoms with Crippen LogP contribution in [0, 0.1) is 20.8 Å². The maximum absolute atomic E-state index is 9.81. The van der Waals surface area contributed by atoms with E-state index in [1.165, 1.54) is 0 Å². The van der Waals surface area contributed by atoms with Crippen LogP contribution >= 0.6 is 0 Å². The van der Waals surface area contributed by atoms with Crippen molar-refractivity contribution in [3.05, 3.63) is 38.1 Å². The van der Waals surface area contributed by atoms with Gasteiger partial charge in [0.15, 0.2) is 11.4 Å². The van der Waals surface area contributed by atoms with E-state index in [-0.39, 0.29) is 65.1 Å². The largest absolute Gasteiger partial charge is 2.00 e. The van der Waals surface area contributed by atoms with E-state index in [9.17, 15) is 5.11 Å². The monoisotopic (exact) mass is 416 g/mol. The fraction of sp³-hybridized carbons (Fsp3) is 0.444. The smallest absolute Gasteiger partial charge is 0.379 e. The number of nitrogens with zero attached hydrogens (tertiary/aromatic N) is 3. The molecule has 7 heteroatoms. The number of pyridine rings is 1. The number of aliphatic hydroxyl groups is 1. The van der Waals surface area contributed by atoms with Gasteiger partial charge in [-0.1, -0.05) is 6.10 Å². The third-order valence-corrected chi connectivity index (χ3v) is 4.32. The fourth-order valence-electron chi connectivity index (χ4n) is 3.43. The van der Waals surface area contributed by atoms with Crippen LogP contribution in [0.2, 0.25) is 0 Å². The Balaban J connectivity index is 0.00000113. The summed E-state index contributed by atoms with van der Waals surface area (Å²) >= 11 is 0. The van der Waals surface area contributed by atoms with Crippen molar-refractivity contribution < 1.29 is 9.84 Å². The Labute approximate surface area is 185 Å². The molecular formula is C18H24N4O2Sr. The van der Waals surface area contributed by atoms with E-state index in [2.05, 4.69) is 32.0 Å². The molecule has 130 valence electrons. The van der Waals surface area contributed by atoms with Crippen molar-refractivity contribution in [3.63, 3.8) is 0 Å². The Morgan fingerprint density at radius 3 is 2.88 bits per heavy atom. The van der Waals surface area contributed by atoms with Crippen molar-refractivity contribution in [1.29, 1.82) is 0 Å². The van der Waals surface area contributed by atoms with E-state index in [1.54, 1.807) is 13.8 Å². The molecule has 1 fully saturated rings. The summed E-state index contributed by atoms with van der Waals surface area (Å²) in [7, 11) is 0. The summed E-state index contributed by atoms with van der Waals surface area (Å²) < 4.78 is 7.77. The number of aryl methyl sites for hydroxylation is 1. The first-order chi connectivity index (χ1) is 10.9. The average Bonchev–Trinajstić information content (AvgIpc) is 3.12. The third-order valence-electron chi connectivity index (χ3n) is 4.32. The zero-order chi connectivity index (χ0) is 16.2. The Morgan fingerprint density at radius 2 is 2.16 bits per heavy atom. The zero-order valence-corrected chi connectivity index (χ0v) is 18.8. The molecule has 1 aliphatic rings. The Bertz CT molecular complexity index is 865. The van der Waals surface area contributed by atoms with Crippen LogP contribution in [0.4, 0.5) is 0 Å². The number of hydrogen-bond donors (Lipinski definition) is 2. The standard InChI is InChI=1S/C17H21N4O2.CH3.Sr/c1-10-6-11-8-18-16-15(14(11)20-10)19-9-21(16)12-4-5-13(7-12)23-17(2,3)22;;/h5-6,8-9,12-13,20,22H,4,7H2,1-3H3;1H3;/q2*-1;+2/t12?,13-;;/m1../s1. The summed E-state index contributed by atoms with van der Waals surface area (Å²) in [5, 5.41) is 10.9. The molecule has 3 aromatic rings. The van der Waals surface area contributed by atoms with Gasteiger partial charge < -0.3 is 26.8 Å². The van der Waals surface area contributed by atoms with Gasteiger partial charge in [-0.2, -0.15) is 6.42 Å². The summed E-state index contributed by atoms with van der Waals surface area (Å²) in [4.78, 5) is 12.5. The average molecular weight is 416 g/mol. The van der Waals surface area contributed by atoms with Gasteiger partial charge in [-0.15, -0.1) is 0 Å². The summed E-state index contributed by atoms with van der Waals surface area (Å²) in [5.74, 6) is -1.11. The molecule has 1 aliphatic carbocycles. The topological polar surface area (TPSA) is 76.0 Å². The van der Waals surface area contributed by atoms with Gasteiger partial charge in [-0.05, 0) is 33.3 Å². The minimum Gasteiger partial charge on any atom is -0.379 e. The quantitative estimate of drug-likeness (QED) is 0.391. The van der Waals surface area contributed by atoms with Crippen molar-refractivity contribution in [3.8, 4) is 0 Å². The molecule has 2 N–H and O–H groups in total. The van der Waals surface area contributed by atoms with Crippen LogP contribution in [0.5, 0.6) is 0 Å². The molecular weight excluding hydrogens is 392 g/mol. The van der Waals surface area contributed by atoms with E-state index < -0.39 is 5.79 Å². The van der Waals surface area contributed by atoms with Crippen LogP contribution in [-0.2, 0) is 4.74 Å². The summed E-state index contributed by atoms with van der Waals surface area (Å²) in [6.45, 7) is 5.35. The van der Waals surface area contributed by atoms with Gasteiger partial charge in [0.1, 0.15) is 5.52 Å². The molecule has 0 saturated heterocycles. The number of nitrogens with one attached hydrogen (secondary N) is 1. The molecule has 0 bridgehead atoms. The second kappa shape index (κ2) is 7.66. The SMILES string of the molecule is Cc1cc2cnc3c(ncn3C3C[CH-][C@@H](OC(C)(C)O)C3)c2[nH]1.[CH3-].[Sr+2]. The molecule has 3 aromatic heterocycles. The van der Waals surface area contributed by atoms with Crippen LogP contribution in [0.1, 0.15) is 38.4 Å². The van der Waals surface area contributed by atoms with E-state index in [4.69, 9.17) is 4.74 Å². The zero-order valence-electron chi connectivity index (χ0n) is 15.3. The van der Waals surface area contributed by atoms with Crippen LogP contribution < -0.4 is 0 Å². The second-order valence-electron chi connectivity index (χ2n) is 6.83. The number of fused-ring (bicyclic) bond motifs is 3. The third kappa shape index (κ3) is 4.12. The first-order valence-corrected chi connectivity index (χ1v) is 7.95. The van der Waals surface area contributed by atoms with Gasteiger partial charge in [0.05, 0.1) is 11.8 Å². The number of aromatic amines is 1. The van der Waals surface area contributed by atoms with Gasteiger partial charge in [0, 0.05) is 23.3 Å². The first-order valence-electron chi connectivity index (χ1n) is 7.95. The van der Waals surface area contributed by atoms with E-state index in [1.807, 2.05) is 19.4 Å². The molecule has 25 heavy (non-hydrogen) atoms. The van der Waals surface area contributed by atoms with Gasteiger partial charge in [0.2, 0.25) is 0 Å². The first kappa shape index (κ1) is 20.9. The minimum absolute atomic E-state index is 0.